The first-order valence-electron chi connectivity index (χ1n) is 12.2. The van der Waals surface area contributed by atoms with Gasteiger partial charge in [0.05, 0.1) is 0 Å². The van der Waals surface area contributed by atoms with E-state index in [2.05, 4.69) is 16.0 Å². The SMILES string of the molecule is CCNC(=O)C(=O)C(Cc1ccc(O)cc1)NC(=O)C(NC(=O)CCCCC1CCSS1)C(C)C. The van der Waals surface area contributed by atoms with E-state index in [-0.39, 0.29) is 30.5 Å². The number of Topliss-reactive ketones (excluding diaryl/α,β-unsaturated/α-hetero) is 1. The predicted octanol–water partition coefficient (Wildman–Crippen LogP) is 2.98. The van der Waals surface area contributed by atoms with Crippen molar-refractivity contribution in [3.8, 4) is 5.75 Å². The van der Waals surface area contributed by atoms with Crippen LogP contribution in [0.2, 0.25) is 0 Å². The first-order valence-corrected chi connectivity index (χ1v) is 14.6. The number of amides is 3. The van der Waals surface area contributed by atoms with Crippen molar-refractivity contribution in [1.82, 2.24) is 16.0 Å². The van der Waals surface area contributed by atoms with Gasteiger partial charge < -0.3 is 21.1 Å². The van der Waals surface area contributed by atoms with Crippen LogP contribution >= 0.6 is 21.6 Å². The molecule has 1 aliphatic heterocycles. The number of nitrogens with one attached hydrogen (secondary N) is 3. The maximum atomic E-state index is 13.1. The van der Waals surface area contributed by atoms with Crippen molar-refractivity contribution in [2.75, 3.05) is 12.3 Å². The molecule has 194 valence electrons. The monoisotopic (exact) mass is 523 g/mol. The molecule has 1 fully saturated rings. The highest BCUT2D eigenvalue weighted by atomic mass is 33.1. The van der Waals surface area contributed by atoms with Crippen LogP contribution in [0.1, 0.15) is 58.4 Å². The van der Waals surface area contributed by atoms with Gasteiger partial charge in [-0.15, -0.1) is 0 Å². The lowest BCUT2D eigenvalue weighted by Gasteiger charge is -2.25. The zero-order chi connectivity index (χ0) is 25.8. The molecule has 3 amide bonds. The Morgan fingerprint density at radius 1 is 1.09 bits per heavy atom. The molecule has 0 bridgehead atoms. The van der Waals surface area contributed by atoms with Crippen LogP contribution in [-0.2, 0) is 25.6 Å². The number of rotatable bonds is 14. The predicted molar refractivity (Wildman–Crippen MR) is 141 cm³/mol. The third kappa shape index (κ3) is 10.1. The number of ketones is 1. The molecule has 0 aromatic heterocycles. The summed E-state index contributed by atoms with van der Waals surface area (Å²) in [4.78, 5) is 50.6. The molecule has 2 rings (SSSR count). The van der Waals surface area contributed by atoms with Gasteiger partial charge in [0.15, 0.2) is 0 Å². The Morgan fingerprint density at radius 2 is 1.80 bits per heavy atom. The minimum Gasteiger partial charge on any atom is -0.508 e. The molecule has 0 spiro atoms. The molecule has 4 N–H and O–H groups in total. The number of carbonyl (C=O) groups is 4. The van der Waals surface area contributed by atoms with Crippen molar-refractivity contribution in [2.24, 2.45) is 5.92 Å². The number of phenols is 1. The summed E-state index contributed by atoms with van der Waals surface area (Å²) in [7, 11) is 3.83. The summed E-state index contributed by atoms with van der Waals surface area (Å²) in [6.45, 7) is 5.63. The van der Waals surface area contributed by atoms with Crippen molar-refractivity contribution in [3.63, 3.8) is 0 Å². The zero-order valence-electron chi connectivity index (χ0n) is 20.7. The summed E-state index contributed by atoms with van der Waals surface area (Å²) in [5.41, 5.74) is 0.676. The first kappa shape index (κ1) is 29.0. The van der Waals surface area contributed by atoms with Crippen LogP contribution in [0.4, 0.5) is 0 Å². The van der Waals surface area contributed by atoms with Crippen molar-refractivity contribution >= 4 is 45.1 Å². The summed E-state index contributed by atoms with van der Waals surface area (Å²) in [6, 6.07) is 4.29. The molecule has 3 unspecified atom stereocenters. The molecule has 3 atom stereocenters. The molecule has 1 aromatic rings. The van der Waals surface area contributed by atoms with E-state index < -0.39 is 29.7 Å². The van der Waals surface area contributed by atoms with Crippen molar-refractivity contribution in [1.29, 1.82) is 0 Å². The van der Waals surface area contributed by atoms with E-state index in [1.165, 1.54) is 24.3 Å². The fourth-order valence-electron chi connectivity index (χ4n) is 3.75. The second-order valence-electron chi connectivity index (χ2n) is 9.02. The molecule has 1 aliphatic rings. The fraction of sp³-hybridized carbons (Fsp3) is 0.600. The Hall–Kier alpha value is -2.20. The maximum absolute atomic E-state index is 13.1. The van der Waals surface area contributed by atoms with E-state index in [0.717, 1.165) is 19.3 Å². The second-order valence-corrected chi connectivity index (χ2v) is 11.8. The summed E-state index contributed by atoms with van der Waals surface area (Å²) in [6.07, 6.45) is 4.48. The van der Waals surface area contributed by atoms with Gasteiger partial charge in [-0.1, -0.05) is 54.0 Å². The van der Waals surface area contributed by atoms with Gasteiger partial charge in [0.2, 0.25) is 17.6 Å². The highest BCUT2D eigenvalue weighted by molar-refractivity contribution is 8.77. The third-order valence-corrected chi connectivity index (χ3v) is 8.75. The smallest absolute Gasteiger partial charge is 0.289 e. The molecule has 0 radical (unpaired) electrons. The Balaban J connectivity index is 1.98. The molecule has 1 aromatic carbocycles. The number of hydrogen-bond donors (Lipinski definition) is 4. The van der Waals surface area contributed by atoms with E-state index in [0.29, 0.717) is 17.2 Å². The van der Waals surface area contributed by atoms with Gasteiger partial charge >= 0.3 is 0 Å². The van der Waals surface area contributed by atoms with Crippen LogP contribution in [0.15, 0.2) is 24.3 Å². The summed E-state index contributed by atoms with van der Waals surface area (Å²) in [5, 5.41) is 18.1. The standard InChI is InChI=1S/C25H37N3O5S2/c1-4-26-25(33)23(31)20(15-17-9-11-18(29)12-10-17)27-24(32)22(16(2)3)28-21(30)8-6-5-7-19-13-14-34-35-19/h9-12,16,19-20,22,29H,4-8,13-15H2,1-3H3,(H,26,33)(H,27,32)(H,28,30). The van der Waals surface area contributed by atoms with Gasteiger partial charge in [0, 0.05) is 30.4 Å². The normalized spacial score (nSPS) is 17.0. The van der Waals surface area contributed by atoms with E-state index in [4.69, 9.17) is 0 Å². The van der Waals surface area contributed by atoms with Gasteiger partial charge in [0.25, 0.3) is 5.91 Å². The Kier molecular flexibility index (Phi) is 12.5. The van der Waals surface area contributed by atoms with Crippen LogP contribution in [-0.4, -0.2) is 58.2 Å². The molecule has 1 saturated heterocycles. The van der Waals surface area contributed by atoms with Gasteiger partial charge in [-0.3, -0.25) is 19.2 Å². The average Bonchev–Trinajstić information content (AvgIpc) is 3.34. The number of phenolic OH excluding ortho intramolecular Hbond substituents is 1. The van der Waals surface area contributed by atoms with Crippen molar-refractivity contribution < 1.29 is 24.3 Å². The van der Waals surface area contributed by atoms with E-state index in [1.807, 2.05) is 35.4 Å². The Bertz CT molecular complexity index is 857. The molecule has 0 saturated carbocycles. The van der Waals surface area contributed by atoms with Crippen molar-refractivity contribution in [2.45, 2.75) is 76.6 Å². The van der Waals surface area contributed by atoms with Gasteiger partial charge in [-0.05, 0) is 49.8 Å². The van der Waals surface area contributed by atoms with Crippen LogP contribution in [0.25, 0.3) is 0 Å². The second kappa shape index (κ2) is 15.0. The molecule has 10 heteroatoms. The molecule has 35 heavy (non-hydrogen) atoms. The number of hydrogen-bond acceptors (Lipinski definition) is 7. The third-order valence-electron chi connectivity index (χ3n) is 5.74. The lowest BCUT2D eigenvalue weighted by molar-refractivity contribution is -0.140. The maximum Gasteiger partial charge on any atom is 0.289 e. The molecule has 1 heterocycles. The molecular weight excluding hydrogens is 486 g/mol. The topological polar surface area (TPSA) is 125 Å². The van der Waals surface area contributed by atoms with Crippen LogP contribution in [0.5, 0.6) is 5.75 Å². The lowest BCUT2D eigenvalue weighted by atomic mass is 9.98. The van der Waals surface area contributed by atoms with Crippen LogP contribution in [0.3, 0.4) is 0 Å². The minimum atomic E-state index is -1.10. The highest BCUT2D eigenvalue weighted by Crippen LogP contribution is 2.39. The quantitative estimate of drug-likeness (QED) is 0.168. The van der Waals surface area contributed by atoms with E-state index >= 15 is 0 Å². The molecule has 8 nitrogen and oxygen atoms in total. The van der Waals surface area contributed by atoms with E-state index in [9.17, 15) is 24.3 Å². The molecular formula is C25H37N3O5S2. The number of carbonyl (C=O) groups excluding carboxylic acids is 4. The Labute approximate surface area is 215 Å². The lowest BCUT2D eigenvalue weighted by Crippen LogP contribution is -2.56. The molecule has 0 aliphatic carbocycles. The summed E-state index contributed by atoms with van der Waals surface area (Å²) < 4.78 is 0. The first-order chi connectivity index (χ1) is 16.7. The minimum absolute atomic E-state index is 0.0767. The number of likely N-dealkylation sites (N-methyl/N-ethyl adjacent to an activating group) is 1. The Morgan fingerprint density at radius 3 is 2.40 bits per heavy atom. The van der Waals surface area contributed by atoms with Gasteiger partial charge in [0.1, 0.15) is 17.8 Å². The summed E-state index contributed by atoms with van der Waals surface area (Å²) in [5.74, 6) is -1.18. The number of benzene rings is 1. The van der Waals surface area contributed by atoms with Crippen molar-refractivity contribution in [3.05, 3.63) is 29.8 Å². The number of unbranched alkanes of at least 4 members (excludes halogenated alkanes) is 1. The fourth-order valence-corrected chi connectivity index (χ4v) is 6.77. The average molecular weight is 524 g/mol. The van der Waals surface area contributed by atoms with Gasteiger partial charge in [-0.25, -0.2) is 0 Å². The van der Waals surface area contributed by atoms with Crippen LogP contribution < -0.4 is 16.0 Å². The zero-order valence-corrected chi connectivity index (χ0v) is 22.3. The van der Waals surface area contributed by atoms with Crippen LogP contribution in [0, 0.1) is 5.92 Å². The largest absolute Gasteiger partial charge is 0.508 e. The van der Waals surface area contributed by atoms with Gasteiger partial charge in [-0.2, -0.15) is 0 Å². The number of aromatic hydroxyl groups is 1. The van der Waals surface area contributed by atoms with E-state index in [1.54, 1.807) is 19.1 Å². The highest BCUT2D eigenvalue weighted by Gasteiger charge is 2.31. The summed E-state index contributed by atoms with van der Waals surface area (Å²) >= 11 is 0.